The van der Waals surface area contributed by atoms with Crippen molar-refractivity contribution in [2.24, 2.45) is 0 Å². The van der Waals surface area contributed by atoms with E-state index in [9.17, 15) is 14.0 Å². The highest BCUT2D eigenvalue weighted by molar-refractivity contribution is 5.93. The van der Waals surface area contributed by atoms with E-state index in [1.807, 2.05) is 13.8 Å². The zero-order valence-electron chi connectivity index (χ0n) is 17.2. The maximum Gasteiger partial charge on any atom is 0.407 e. The van der Waals surface area contributed by atoms with Crippen molar-refractivity contribution in [2.75, 3.05) is 32.7 Å². The Bertz CT molecular complexity index is 876. The van der Waals surface area contributed by atoms with E-state index in [2.05, 4.69) is 15.2 Å². The number of carbonyl (C=O) groups excluding carboxylic acids is 1. The minimum absolute atomic E-state index is 0.150. The van der Waals surface area contributed by atoms with E-state index >= 15 is 0 Å². The second-order valence-corrected chi connectivity index (χ2v) is 7.50. The van der Waals surface area contributed by atoms with Gasteiger partial charge in [-0.15, -0.1) is 0 Å². The molecule has 0 saturated carbocycles. The molecule has 30 heavy (non-hydrogen) atoms. The van der Waals surface area contributed by atoms with Gasteiger partial charge < -0.3 is 19.7 Å². The lowest BCUT2D eigenvalue weighted by molar-refractivity contribution is 0.0870. The predicted molar refractivity (Wildman–Crippen MR) is 109 cm³/mol. The van der Waals surface area contributed by atoms with Crippen LogP contribution in [0.4, 0.5) is 9.18 Å². The smallest absolute Gasteiger partial charge is 0.407 e. The first-order valence-corrected chi connectivity index (χ1v) is 10.1. The van der Waals surface area contributed by atoms with Gasteiger partial charge in [-0.2, -0.15) is 0 Å². The number of nitrogens with one attached hydrogen (secondary N) is 1. The Morgan fingerprint density at radius 1 is 1.23 bits per heavy atom. The summed E-state index contributed by atoms with van der Waals surface area (Å²) in [5.41, 5.74) is 1.19. The van der Waals surface area contributed by atoms with Crippen LogP contribution in [0, 0.1) is 5.82 Å². The number of hydrogen-bond donors (Lipinski definition) is 2. The number of aryl methyl sites for hydroxylation is 1. The molecular weight excluding hydrogens is 391 g/mol. The van der Waals surface area contributed by atoms with Crippen molar-refractivity contribution >= 4 is 12.0 Å². The topological polar surface area (TPSA) is 98.9 Å². The number of amides is 2. The zero-order valence-corrected chi connectivity index (χ0v) is 17.2. The van der Waals surface area contributed by atoms with Crippen LogP contribution in [-0.4, -0.2) is 70.7 Å². The fourth-order valence-electron chi connectivity index (χ4n) is 3.50. The van der Waals surface area contributed by atoms with Gasteiger partial charge in [0, 0.05) is 44.3 Å². The molecule has 1 aromatic carbocycles. The second kappa shape index (κ2) is 9.71. The van der Waals surface area contributed by atoms with Gasteiger partial charge in [-0.3, -0.25) is 9.69 Å². The third-order valence-corrected chi connectivity index (χ3v) is 5.03. The van der Waals surface area contributed by atoms with E-state index in [-0.39, 0.29) is 23.5 Å². The summed E-state index contributed by atoms with van der Waals surface area (Å²) in [7, 11) is 0. The van der Waals surface area contributed by atoms with Crippen LogP contribution in [0.3, 0.4) is 0 Å². The van der Waals surface area contributed by atoms with E-state index in [1.165, 1.54) is 17.0 Å². The molecule has 2 N–H and O–H groups in total. The summed E-state index contributed by atoms with van der Waals surface area (Å²) >= 11 is 0. The molecule has 1 atom stereocenters. The number of halogens is 1. The lowest BCUT2D eigenvalue weighted by atomic mass is 10.2. The molecule has 0 aliphatic carbocycles. The van der Waals surface area contributed by atoms with Crippen LogP contribution in [-0.2, 0) is 6.42 Å². The minimum Gasteiger partial charge on any atom is -0.465 e. The first-order chi connectivity index (χ1) is 14.4. The van der Waals surface area contributed by atoms with Crippen LogP contribution in [0.1, 0.15) is 36.5 Å². The Morgan fingerprint density at radius 3 is 2.50 bits per heavy atom. The summed E-state index contributed by atoms with van der Waals surface area (Å²) in [6, 6.07) is 5.63. The fourth-order valence-corrected chi connectivity index (χ4v) is 3.50. The van der Waals surface area contributed by atoms with Gasteiger partial charge >= 0.3 is 6.09 Å². The van der Waals surface area contributed by atoms with Crippen molar-refractivity contribution in [3.05, 3.63) is 41.5 Å². The molecule has 1 saturated heterocycles. The molecule has 1 aliphatic rings. The molecule has 1 aliphatic heterocycles. The summed E-state index contributed by atoms with van der Waals surface area (Å²) in [5.74, 6) is -0.217. The van der Waals surface area contributed by atoms with Gasteiger partial charge in [0.1, 0.15) is 5.82 Å². The molecule has 2 heterocycles. The van der Waals surface area contributed by atoms with Gasteiger partial charge in [0.05, 0.1) is 5.69 Å². The first kappa shape index (κ1) is 21.8. The number of benzene rings is 1. The van der Waals surface area contributed by atoms with Crippen molar-refractivity contribution in [3.8, 4) is 11.5 Å². The highest BCUT2D eigenvalue weighted by atomic mass is 19.1. The van der Waals surface area contributed by atoms with Gasteiger partial charge in [0.15, 0.2) is 0 Å². The van der Waals surface area contributed by atoms with Gasteiger partial charge in [-0.25, -0.2) is 14.2 Å². The number of rotatable bonds is 7. The van der Waals surface area contributed by atoms with Crippen molar-refractivity contribution in [1.82, 2.24) is 20.1 Å². The number of piperazine rings is 1. The molecule has 162 valence electrons. The molecule has 2 amide bonds. The van der Waals surface area contributed by atoms with E-state index in [0.29, 0.717) is 56.3 Å². The van der Waals surface area contributed by atoms with Gasteiger partial charge in [0.2, 0.25) is 11.7 Å². The summed E-state index contributed by atoms with van der Waals surface area (Å²) in [6.45, 7) is 6.68. The molecule has 0 unspecified atom stereocenters. The SMILES string of the molecule is CCCc1nc(-c2ccc(F)cc2)oc1C(=O)N[C@H](C)CN1CCN(C(=O)O)CC1. The summed E-state index contributed by atoms with van der Waals surface area (Å²) < 4.78 is 18.9. The Hall–Kier alpha value is -2.94. The van der Waals surface area contributed by atoms with E-state index in [0.717, 1.165) is 6.42 Å². The summed E-state index contributed by atoms with van der Waals surface area (Å²) in [4.78, 5) is 31.8. The number of aromatic nitrogens is 1. The number of carbonyl (C=O) groups is 2. The summed E-state index contributed by atoms with van der Waals surface area (Å²) in [5, 5.41) is 12.0. The third kappa shape index (κ3) is 5.35. The molecule has 0 spiro atoms. The monoisotopic (exact) mass is 418 g/mol. The largest absolute Gasteiger partial charge is 0.465 e. The third-order valence-electron chi connectivity index (χ3n) is 5.03. The number of carboxylic acid groups (broad SMARTS) is 1. The minimum atomic E-state index is -0.901. The first-order valence-electron chi connectivity index (χ1n) is 10.1. The normalized spacial score (nSPS) is 15.8. The molecule has 1 aromatic heterocycles. The highest BCUT2D eigenvalue weighted by Crippen LogP contribution is 2.23. The average Bonchev–Trinajstić information content (AvgIpc) is 3.13. The van der Waals surface area contributed by atoms with Gasteiger partial charge in [0.25, 0.3) is 5.91 Å². The number of oxazole rings is 1. The Balaban J connectivity index is 1.64. The summed E-state index contributed by atoms with van der Waals surface area (Å²) in [6.07, 6.45) is 0.500. The maximum atomic E-state index is 13.2. The zero-order chi connectivity index (χ0) is 21.7. The fraction of sp³-hybridized carbons (Fsp3) is 0.476. The Morgan fingerprint density at radius 2 is 1.90 bits per heavy atom. The standard InChI is InChI=1S/C21H27FN4O4/c1-3-4-17-18(30-20(24-17)15-5-7-16(22)8-6-15)19(27)23-14(2)13-25-9-11-26(12-10-25)21(28)29/h5-8,14H,3-4,9-13H2,1-2H3,(H,23,27)(H,28,29)/t14-/m1/s1. The van der Waals surface area contributed by atoms with Gasteiger partial charge in [-0.05, 0) is 37.6 Å². The lowest BCUT2D eigenvalue weighted by Crippen LogP contribution is -2.51. The van der Waals surface area contributed by atoms with Crippen LogP contribution in [0.2, 0.25) is 0 Å². The van der Waals surface area contributed by atoms with Crippen molar-refractivity contribution in [2.45, 2.75) is 32.7 Å². The quantitative estimate of drug-likeness (QED) is 0.717. The maximum absolute atomic E-state index is 13.2. The van der Waals surface area contributed by atoms with Gasteiger partial charge in [-0.1, -0.05) is 13.3 Å². The molecular formula is C21H27FN4O4. The van der Waals surface area contributed by atoms with Crippen LogP contribution in [0.15, 0.2) is 28.7 Å². The molecule has 1 fully saturated rings. The highest BCUT2D eigenvalue weighted by Gasteiger charge is 2.25. The average molecular weight is 418 g/mol. The Kier molecular flexibility index (Phi) is 7.04. The number of hydrogen-bond acceptors (Lipinski definition) is 5. The lowest BCUT2D eigenvalue weighted by Gasteiger charge is -2.34. The molecule has 3 rings (SSSR count). The van der Waals surface area contributed by atoms with Crippen LogP contribution in [0.25, 0.3) is 11.5 Å². The molecule has 8 nitrogen and oxygen atoms in total. The molecule has 2 aromatic rings. The Labute approximate surface area is 174 Å². The van der Waals surface area contributed by atoms with E-state index in [1.54, 1.807) is 12.1 Å². The van der Waals surface area contributed by atoms with Crippen LogP contribution < -0.4 is 5.32 Å². The number of nitrogens with zero attached hydrogens (tertiary/aromatic N) is 3. The molecule has 0 bridgehead atoms. The molecule has 0 radical (unpaired) electrons. The van der Waals surface area contributed by atoms with Crippen LogP contribution >= 0.6 is 0 Å². The predicted octanol–water partition coefficient (Wildman–Crippen LogP) is 2.85. The van der Waals surface area contributed by atoms with Crippen molar-refractivity contribution in [1.29, 1.82) is 0 Å². The van der Waals surface area contributed by atoms with E-state index < -0.39 is 6.09 Å². The second-order valence-electron chi connectivity index (χ2n) is 7.50. The van der Waals surface area contributed by atoms with Crippen molar-refractivity contribution < 1.29 is 23.5 Å². The van der Waals surface area contributed by atoms with Crippen molar-refractivity contribution in [3.63, 3.8) is 0 Å². The van der Waals surface area contributed by atoms with Crippen LogP contribution in [0.5, 0.6) is 0 Å². The van der Waals surface area contributed by atoms with E-state index in [4.69, 9.17) is 9.52 Å². The molecule has 9 heteroatoms.